The first-order valence-corrected chi connectivity index (χ1v) is 7.50. The van der Waals surface area contributed by atoms with Crippen LogP contribution in [0.5, 0.6) is 0 Å². The highest BCUT2D eigenvalue weighted by Gasteiger charge is 2.53. The predicted octanol–water partition coefficient (Wildman–Crippen LogP) is 4.42. The number of rotatable bonds is 6. The van der Waals surface area contributed by atoms with Crippen LogP contribution >= 0.6 is 0 Å². The van der Waals surface area contributed by atoms with Crippen molar-refractivity contribution in [2.24, 2.45) is 23.2 Å². The molecule has 0 bridgehead atoms. The van der Waals surface area contributed by atoms with Crippen molar-refractivity contribution in [3.8, 4) is 0 Å². The van der Waals surface area contributed by atoms with E-state index in [0.29, 0.717) is 5.41 Å². The third-order valence-electron chi connectivity index (χ3n) is 6.00. The van der Waals surface area contributed by atoms with E-state index in [1.54, 1.807) is 0 Å². The molecule has 0 saturated carbocycles. The molecule has 0 aromatic heterocycles. The van der Waals surface area contributed by atoms with Crippen molar-refractivity contribution >= 4 is 0 Å². The number of hydrogen-bond acceptors (Lipinski definition) is 1. The van der Waals surface area contributed by atoms with Crippen LogP contribution in [0.3, 0.4) is 0 Å². The summed E-state index contributed by atoms with van der Waals surface area (Å²) >= 11 is 0. The minimum Gasteiger partial charge on any atom is -0.297 e. The number of nitrogens with zero attached hydrogens (tertiary/aromatic N) is 1. The van der Waals surface area contributed by atoms with Gasteiger partial charge in [0, 0.05) is 12.1 Å². The van der Waals surface area contributed by atoms with Crippen LogP contribution in [0.2, 0.25) is 0 Å². The van der Waals surface area contributed by atoms with Crippen LogP contribution in [0, 0.1) is 23.2 Å². The quantitative estimate of drug-likeness (QED) is 0.620. The largest absolute Gasteiger partial charge is 0.297 e. The van der Waals surface area contributed by atoms with E-state index in [1.165, 1.54) is 12.8 Å². The summed E-state index contributed by atoms with van der Waals surface area (Å²) in [5.74, 6) is 2.45. The Balaban J connectivity index is 2.69. The summed E-state index contributed by atoms with van der Waals surface area (Å²) in [7, 11) is 2.31. The predicted molar refractivity (Wildman–Crippen MR) is 77.2 cm³/mol. The van der Waals surface area contributed by atoms with Crippen molar-refractivity contribution in [3.63, 3.8) is 0 Å². The van der Waals surface area contributed by atoms with Crippen LogP contribution in [0.1, 0.15) is 61.3 Å². The Morgan fingerprint density at radius 3 is 1.94 bits per heavy atom. The molecule has 0 amide bonds. The maximum Gasteiger partial charge on any atom is 0.0285 e. The molecule has 0 N–H and O–H groups in total. The molecule has 1 nitrogen and oxygen atoms in total. The Labute approximate surface area is 109 Å². The molecule has 1 fully saturated rings. The van der Waals surface area contributed by atoms with Crippen LogP contribution in [0.25, 0.3) is 0 Å². The maximum atomic E-state index is 2.60. The van der Waals surface area contributed by atoms with E-state index in [9.17, 15) is 0 Å². The van der Waals surface area contributed by atoms with E-state index in [1.807, 2.05) is 0 Å². The van der Waals surface area contributed by atoms with Gasteiger partial charge in [0.05, 0.1) is 0 Å². The minimum absolute atomic E-state index is 0.454. The van der Waals surface area contributed by atoms with Crippen molar-refractivity contribution < 1.29 is 0 Å². The molecule has 1 heterocycles. The molecular formula is C16H33N. The molecule has 6 atom stereocenters. The first-order valence-electron chi connectivity index (χ1n) is 7.50. The lowest BCUT2D eigenvalue weighted by Gasteiger charge is -2.38. The van der Waals surface area contributed by atoms with Gasteiger partial charge in [-0.3, -0.25) is 4.90 Å². The Morgan fingerprint density at radius 1 is 1.00 bits per heavy atom. The molecule has 1 saturated heterocycles. The highest BCUT2D eigenvalue weighted by Crippen LogP contribution is 2.48. The lowest BCUT2D eigenvalue weighted by molar-refractivity contribution is 0.123. The van der Waals surface area contributed by atoms with E-state index in [2.05, 4.69) is 60.4 Å². The zero-order valence-corrected chi connectivity index (χ0v) is 13.2. The van der Waals surface area contributed by atoms with Gasteiger partial charge < -0.3 is 0 Å². The Bertz CT molecular complexity index is 246. The summed E-state index contributed by atoms with van der Waals surface area (Å²) in [6.07, 6.45) is 2.60. The molecule has 0 spiro atoms. The normalized spacial score (nSPS) is 34.2. The van der Waals surface area contributed by atoms with Crippen LogP contribution in [-0.4, -0.2) is 24.0 Å². The van der Waals surface area contributed by atoms with Gasteiger partial charge in [-0.2, -0.15) is 0 Å². The summed E-state index contributed by atoms with van der Waals surface area (Å²) < 4.78 is 0. The molecule has 17 heavy (non-hydrogen) atoms. The number of hydrogen-bond donors (Lipinski definition) is 0. The molecule has 1 rings (SSSR count). The van der Waals surface area contributed by atoms with Gasteiger partial charge in [0.1, 0.15) is 0 Å². The van der Waals surface area contributed by atoms with Gasteiger partial charge in [0.25, 0.3) is 0 Å². The number of likely N-dealkylation sites (N-methyl/N-ethyl adjacent to an activating group) is 1. The Morgan fingerprint density at radius 2 is 1.53 bits per heavy atom. The summed E-state index contributed by atoms with van der Waals surface area (Å²) in [5.41, 5.74) is 0.454. The molecule has 0 aliphatic carbocycles. The lowest BCUT2D eigenvalue weighted by atomic mass is 9.67. The first kappa shape index (κ1) is 15.0. The average molecular weight is 239 g/mol. The molecule has 5 unspecified atom stereocenters. The van der Waals surface area contributed by atoms with Crippen LogP contribution in [-0.2, 0) is 0 Å². The fraction of sp³-hybridized carbons (Fsp3) is 1.00. The van der Waals surface area contributed by atoms with E-state index in [-0.39, 0.29) is 0 Å². The van der Waals surface area contributed by atoms with Crippen LogP contribution < -0.4 is 0 Å². The molecule has 102 valence electrons. The summed E-state index contributed by atoms with van der Waals surface area (Å²) in [5, 5.41) is 0. The minimum atomic E-state index is 0.454. The average Bonchev–Trinajstić information content (AvgIpc) is 2.97. The van der Waals surface area contributed by atoms with Crippen molar-refractivity contribution in [1.29, 1.82) is 0 Å². The van der Waals surface area contributed by atoms with E-state index >= 15 is 0 Å². The Kier molecular flexibility index (Phi) is 4.68. The van der Waals surface area contributed by atoms with Gasteiger partial charge >= 0.3 is 0 Å². The van der Waals surface area contributed by atoms with E-state index in [4.69, 9.17) is 0 Å². The second-order valence-electron chi connectivity index (χ2n) is 6.95. The van der Waals surface area contributed by atoms with E-state index < -0.39 is 0 Å². The van der Waals surface area contributed by atoms with Gasteiger partial charge in [0.15, 0.2) is 0 Å². The summed E-state index contributed by atoms with van der Waals surface area (Å²) in [4.78, 5) is 2.60. The van der Waals surface area contributed by atoms with Crippen LogP contribution in [0.15, 0.2) is 0 Å². The zero-order valence-electron chi connectivity index (χ0n) is 13.2. The zero-order chi connectivity index (χ0) is 13.4. The highest BCUT2D eigenvalue weighted by molar-refractivity contribution is 5.07. The van der Waals surface area contributed by atoms with Crippen molar-refractivity contribution in [1.82, 2.24) is 4.90 Å². The van der Waals surface area contributed by atoms with Gasteiger partial charge in [-0.1, -0.05) is 61.3 Å². The molecule has 1 aliphatic rings. The second kappa shape index (κ2) is 5.30. The molecule has 0 radical (unpaired) electrons. The van der Waals surface area contributed by atoms with Gasteiger partial charge in [-0.15, -0.1) is 0 Å². The van der Waals surface area contributed by atoms with Crippen LogP contribution in [0.4, 0.5) is 0 Å². The topological polar surface area (TPSA) is 3.01 Å². The van der Waals surface area contributed by atoms with Crippen molar-refractivity contribution in [2.45, 2.75) is 73.4 Å². The summed E-state index contributed by atoms with van der Waals surface area (Å²) in [6.45, 7) is 16.9. The molecular weight excluding hydrogens is 206 g/mol. The van der Waals surface area contributed by atoms with Crippen molar-refractivity contribution in [3.05, 3.63) is 0 Å². The third kappa shape index (κ3) is 2.70. The van der Waals surface area contributed by atoms with E-state index in [0.717, 1.165) is 29.8 Å². The highest BCUT2D eigenvalue weighted by atomic mass is 15.3. The molecule has 1 aliphatic heterocycles. The maximum absolute atomic E-state index is 2.60. The fourth-order valence-corrected chi connectivity index (χ4v) is 3.43. The monoisotopic (exact) mass is 239 g/mol. The molecule has 0 aromatic carbocycles. The molecule has 1 heteroatoms. The van der Waals surface area contributed by atoms with Gasteiger partial charge in [-0.05, 0) is 30.2 Å². The Hall–Kier alpha value is -0.0400. The standard InChI is InChI=1S/C16H33N/c1-9-11(3)14-15(17(14)8)13(5)16(6,7)12(4)10-2/h11-15H,9-10H2,1-8H3/t11?,12?,13?,14-,15?,17?/m0/s1. The lowest BCUT2D eigenvalue weighted by Crippen LogP contribution is -2.34. The fourth-order valence-electron chi connectivity index (χ4n) is 3.43. The summed E-state index contributed by atoms with van der Waals surface area (Å²) in [6, 6.07) is 1.65. The van der Waals surface area contributed by atoms with Gasteiger partial charge in [-0.25, -0.2) is 0 Å². The second-order valence-corrected chi connectivity index (χ2v) is 6.95. The third-order valence-corrected chi connectivity index (χ3v) is 6.00. The SMILES string of the molecule is CCC(C)[C@H]1C(C(C)C(C)(C)C(C)CC)N1C. The van der Waals surface area contributed by atoms with Crippen molar-refractivity contribution in [2.75, 3.05) is 7.05 Å². The smallest absolute Gasteiger partial charge is 0.0285 e. The first-order chi connectivity index (χ1) is 7.78. The molecule has 0 aromatic rings. The van der Waals surface area contributed by atoms with Gasteiger partial charge in [0.2, 0.25) is 0 Å².